The lowest BCUT2D eigenvalue weighted by atomic mass is 10.1. The van der Waals surface area contributed by atoms with Gasteiger partial charge in [0.2, 0.25) is 0 Å². The number of hydrogen-bond donors (Lipinski definition) is 1. The predicted molar refractivity (Wildman–Crippen MR) is 76.3 cm³/mol. The maximum absolute atomic E-state index is 4.46. The fourth-order valence-electron chi connectivity index (χ4n) is 1.87. The van der Waals surface area contributed by atoms with Crippen LogP contribution in [-0.4, -0.2) is 31.1 Å². The topological polar surface area (TPSA) is 41.0 Å². The van der Waals surface area contributed by atoms with Crippen LogP contribution < -0.4 is 10.2 Å². The molecule has 0 saturated carbocycles. The molecule has 5 heteroatoms. The van der Waals surface area contributed by atoms with Gasteiger partial charge in [-0.3, -0.25) is 0 Å². The molecule has 4 nitrogen and oxygen atoms in total. The highest BCUT2D eigenvalue weighted by molar-refractivity contribution is 7.09. The van der Waals surface area contributed by atoms with Gasteiger partial charge in [-0.2, -0.15) is 0 Å². The highest BCUT2D eigenvalue weighted by Gasteiger charge is 2.16. The first-order valence-electron chi connectivity index (χ1n) is 5.84. The molecule has 1 atom stereocenters. The van der Waals surface area contributed by atoms with Gasteiger partial charge in [0.25, 0.3) is 0 Å². The summed E-state index contributed by atoms with van der Waals surface area (Å²) in [5.41, 5.74) is 4.13. The van der Waals surface area contributed by atoms with Crippen molar-refractivity contribution in [1.29, 1.82) is 0 Å². The molecule has 0 aromatic carbocycles. The molecule has 2 aromatic rings. The highest BCUT2D eigenvalue weighted by Crippen LogP contribution is 2.27. The van der Waals surface area contributed by atoms with Crippen LogP contribution in [0.1, 0.15) is 22.2 Å². The monoisotopic (exact) mass is 262 g/mol. The molecule has 0 bridgehead atoms. The molecule has 0 aliphatic carbocycles. The highest BCUT2D eigenvalue weighted by atomic mass is 32.1. The van der Waals surface area contributed by atoms with Crippen LogP contribution in [0.3, 0.4) is 0 Å². The van der Waals surface area contributed by atoms with Crippen molar-refractivity contribution in [2.75, 3.05) is 26.0 Å². The molecule has 2 heterocycles. The van der Waals surface area contributed by atoms with Crippen molar-refractivity contribution in [2.24, 2.45) is 0 Å². The summed E-state index contributed by atoms with van der Waals surface area (Å²) in [6.07, 6.45) is 1.93. The van der Waals surface area contributed by atoms with Gasteiger partial charge in [-0.05, 0) is 25.6 Å². The molecule has 1 unspecified atom stereocenters. The number of nitrogens with one attached hydrogen (secondary N) is 1. The van der Waals surface area contributed by atoms with Crippen LogP contribution >= 0.6 is 11.3 Å². The van der Waals surface area contributed by atoms with Crippen LogP contribution in [-0.2, 0) is 0 Å². The third-order valence-corrected chi connectivity index (χ3v) is 3.89. The molecule has 0 aliphatic heterocycles. The van der Waals surface area contributed by atoms with E-state index in [1.807, 2.05) is 50.7 Å². The molecule has 96 valence electrons. The Morgan fingerprint density at radius 1 is 1.28 bits per heavy atom. The summed E-state index contributed by atoms with van der Waals surface area (Å²) in [6.45, 7) is 2.04. The molecule has 0 aliphatic rings. The molecule has 0 fully saturated rings. The number of aryl methyl sites for hydroxylation is 1. The molecule has 0 spiro atoms. The van der Waals surface area contributed by atoms with Crippen molar-refractivity contribution >= 4 is 17.2 Å². The Morgan fingerprint density at radius 3 is 2.50 bits per heavy atom. The molecule has 18 heavy (non-hydrogen) atoms. The van der Waals surface area contributed by atoms with E-state index >= 15 is 0 Å². The minimum Gasteiger partial charge on any atom is -0.363 e. The summed E-state index contributed by atoms with van der Waals surface area (Å²) < 4.78 is 0. The van der Waals surface area contributed by atoms with E-state index in [1.165, 1.54) is 4.88 Å². The number of pyridine rings is 1. The zero-order chi connectivity index (χ0) is 13.1. The van der Waals surface area contributed by atoms with Gasteiger partial charge < -0.3 is 10.2 Å². The van der Waals surface area contributed by atoms with Gasteiger partial charge in [0.05, 0.1) is 17.2 Å². The van der Waals surface area contributed by atoms with Gasteiger partial charge in [-0.25, -0.2) is 9.97 Å². The number of nitrogens with zero attached hydrogens (tertiary/aromatic N) is 3. The third-order valence-electron chi connectivity index (χ3n) is 2.90. The first kappa shape index (κ1) is 13.0. The Bertz CT molecular complexity index is 504. The zero-order valence-corrected chi connectivity index (χ0v) is 12.0. The minimum absolute atomic E-state index is 0.168. The van der Waals surface area contributed by atoms with Gasteiger partial charge in [-0.1, -0.05) is 6.07 Å². The van der Waals surface area contributed by atoms with Crippen LogP contribution in [0, 0.1) is 6.92 Å². The van der Waals surface area contributed by atoms with Crippen molar-refractivity contribution in [3.8, 4) is 0 Å². The SMILES string of the molecule is CNC(c1ccc(N(C)C)nc1)c1scnc1C. The molecule has 0 amide bonds. The Balaban J connectivity index is 2.31. The Morgan fingerprint density at radius 2 is 2.06 bits per heavy atom. The normalized spacial score (nSPS) is 12.4. The fourth-order valence-corrected chi connectivity index (χ4v) is 2.81. The zero-order valence-electron chi connectivity index (χ0n) is 11.1. The van der Waals surface area contributed by atoms with Gasteiger partial charge in [-0.15, -0.1) is 11.3 Å². The van der Waals surface area contributed by atoms with E-state index < -0.39 is 0 Å². The second-order valence-corrected chi connectivity index (χ2v) is 5.25. The standard InChI is InChI=1S/C13H18N4S/c1-9-13(18-8-16-9)12(14-2)10-5-6-11(15-7-10)17(3)4/h5-8,12,14H,1-4H3. The first-order chi connectivity index (χ1) is 8.63. The van der Waals surface area contributed by atoms with Crippen molar-refractivity contribution in [3.63, 3.8) is 0 Å². The average molecular weight is 262 g/mol. The molecular formula is C13H18N4S. The molecule has 0 radical (unpaired) electrons. The van der Waals surface area contributed by atoms with E-state index in [2.05, 4.69) is 21.4 Å². The van der Waals surface area contributed by atoms with E-state index in [4.69, 9.17) is 0 Å². The van der Waals surface area contributed by atoms with E-state index in [0.717, 1.165) is 17.1 Å². The summed E-state index contributed by atoms with van der Waals surface area (Å²) >= 11 is 1.68. The third kappa shape index (κ3) is 2.52. The number of hydrogen-bond acceptors (Lipinski definition) is 5. The Kier molecular flexibility index (Phi) is 3.93. The number of thiazole rings is 1. The lowest BCUT2D eigenvalue weighted by Crippen LogP contribution is -2.18. The second kappa shape index (κ2) is 5.46. The summed E-state index contributed by atoms with van der Waals surface area (Å²) in [6, 6.07) is 4.32. The van der Waals surface area contributed by atoms with Crippen LogP contribution in [0.4, 0.5) is 5.82 Å². The summed E-state index contributed by atoms with van der Waals surface area (Å²) in [5.74, 6) is 0.967. The molecule has 1 N–H and O–H groups in total. The Hall–Kier alpha value is -1.46. The summed E-state index contributed by atoms with van der Waals surface area (Å²) in [4.78, 5) is 12.0. The molecule has 0 saturated heterocycles. The molecule has 2 aromatic heterocycles. The van der Waals surface area contributed by atoms with E-state index in [-0.39, 0.29) is 6.04 Å². The van der Waals surface area contributed by atoms with E-state index in [0.29, 0.717) is 0 Å². The van der Waals surface area contributed by atoms with Crippen LogP contribution in [0.2, 0.25) is 0 Å². The van der Waals surface area contributed by atoms with E-state index in [9.17, 15) is 0 Å². The quantitative estimate of drug-likeness (QED) is 0.917. The van der Waals surface area contributed by atoms with Gasteiger partial charge in [0.15, 0.2) is 0 Å². The van der Waals surface area contributed by atoms with Crippen molar-refractivity contribution in [2.45, 2.75) is 13.0 Å². The maximum Gasteiger partial charge on any atom is 0.127 e. The fraction of sp³-hybridized carbons (Fsp3) is 0.385. The predicted octanol–water partition coefficient (Wildman–Crippen LogP) is 2.22. The van der Waals surface area contributed by atoms with E-state index in [1.54, 1.807) is 11.3 Å². The van der Waals surface area contributed by atoms with Crippen molar-refractivity contribution < 1.29 is 0 Å². The number of anilines is 1. The smallest absolute Gasteiger partial charge is 0.127 e. The maximum atomic E-state index is 4.46. The van der Waals surface area contributed by atoms with Gasteiger partial charge in [0, 0.05) is 25.2 Å². The average Bonchev–Trinajstić information content (AvgIpc) is 2.78. The molecular weight excluding hydrogens is 244 g/mol. The lowest BCUT2D eigenvalue weighted by Gasteiger charge is -2.17. The first-order valence-corrected chi connectivity index (χ1v) is 6.72. The van der Waals surface area contributed by atoms with Crippen LogP contribution in [0.25, 0.3) is 0 Å². The van der Waals surface area contributed by atoms with Crippen LogP contribution in [0.15, 0.2) is 23.8 Å². The van der Waals surface area contributed by atoms with Crippen molar-refractivity contribution in [3.05, 3.63) is 40.0 Å². The molecule has 2 rings (SSSR count). The second-order valence-electron chi connectivity index (χ2n) is 4.37. The summed E-state index contributed by atoms with van der Waals surface area (Å²) in [7, 11) is 5.94. The van der Waals surface area contributed by atoms with Crippen molar-refractivity contribution in [1.82, 2.24) is 15.3 Å². The van der Waals surface area contributed by atoms with Crippen LogP contribution in [0.5, 0.6) is 0 Å². The number of rotatable bonds is 4. The number of aromatic nitrogens is 2. The lowest BCUT2D eigenvalue weighted by molar-refractivity contribution is 0.694. The van der Waals surface area contributed by atoms with Gasteiger partial charge >= 0.3 is 0 Å². The summed E-state index contributed by atoms with van der Waals surface area (Å²) in [5, 5.41) is 3.33. The Labute approximate surface area is 112 Å². The minimum atomic E-state index is 0.168. The largest absolute Gasteiger partial charge is 0.363 e. The van der Waals surface area contributed by atoms with Gasteiger partial charge in [0.1, 0.15) is 5.82 Å².